The van der Waals surface area contributed by atoms with Crippen molar-refractivity contribution in [2.24, 2.45) is 5.41 Å². The largest absolute Gasteiger partial charge is 0.385 e. The fourth-order valence-corrected chi connectivity index (χ4v) is 1.96. The van der Waals surface area contributed by atoms with Gasteiger partial charge in [-0.1, -0.05) is 0 Å². The summed E-state index contributed by atoms with van der Waals surface area (Å²) in [6, 6.07) is 9.74. The van der Waals surface area contributed by atoms with E-state index in [4.69, 9.17) is 10.00 Å². The summed E-state index contributed by atoms with van der Waals surface area (Å²) < 4.78 is 5.14. The molecule has 0 heterocycles. The van der Waals surface area contributed by atoms with Crippen molar-refractivity contribution in [1.82, 2.24) is 0 Å². The summed E-state index contributed by atoms with van der Waals surface area (Å²) in [5.74, 6) is 0. The molecular weight excluding hydrogens is 212 g/mol. The molecule has 1 N–H and O–H groups in total. The normalized spacial score (nSPS) is 16.2. The smallest absolute Gasteiger partial charge is 0.0991 e. The fraction of sp³-hybridized carbons (Fsp3) is 0.500. The molecule has 0 bridgehead atoms. The monoisotopic (exact) mass is 230 g/mol. The Bertz CT molecular complexity index is 401. The molecular formula is C14H18N2O. The van der Waals surface area contributed by atoms with Gasteiger partial charge in [0.15, 0.2) is 0 Å². The van der Waals surface area contributed by atoms with Crippen molar-refractivity contribution in [3.8, 4) is 6.07 Å². The molecule has 0 amide bonds. The number of ether oxygens (including phenoxy) is 1. The van der Waals surface area contributed by atoms with E-state index in [1.165, 1.54) is 12.8 Å². The van der Waals surface area contributed by atoms with Crippen LogP contribution >= 0.6 is 0 Å². The molecule has 1 fully saturated rings. The molecule has 17 heavy (non-hydrogen) atoms. The summed E-state index contributed by atoms with van der Waals surface area (Å²) in [6.07, 6.45) is 3.71. The van der Waals surface area contributed by atoms with Gasteiger partial charge in [0, 0.05) is 25.9 Å². The van der Waals surface area contributed by atoms with Gasteiger partial charge in [-0.2, -0.15) is 5.26 Å². The average Bonchev–Trinajstić information content (AvgIpc) is 3.15. The number of hydrogen-bond acceptors (Lipinski definition) is 3. The third-order valence-electron chi connectivity index (χ3n) is 3.48. The minimum absolute atomic E-state index is 0.448. The Hall–Kier alpha value is -1.53. The molecule has 1 aliphatic carbocycles. The van der Waals surface area contributed by atoms with Gasteiger partial charge in [-0.05, 0) is 48.9 Å². The van der Waals surface area contributed by atoms with Crippen LogP contribution in [0, 0.1) is 16.7 Å². The average molecular weight is 230 g/mol. The molecule has 0 atom stereocenters. The van der Waals surface area contributed by atoms with Gasteiger partial charge < -0.3 is 10.1 Å². The third kappa shape index (κ3) is 3.21. The quantitative estimate of drug-likeness (QED) is 0.817. The second-order valence-electron chi connectivity index (χ2n) is 4.79. The molecule has 3 nitrogen and oxygen atoms in total. The molecule has 1 saturated carbocycles. The standard InChI is InChI=1S/C14H18N2O/c1-17-9-8-14(6-7-14)11-16-13-4-2-12(10-15)3-5-13/h2-5,16H,6-9,11H2,1H3. The zero-order valence-corrected chi connectivity index (χ0v) is 10.2. The lowest BCUT2D eigenvalue weighted by molar-refractivity contribution is 0.175. The molecule has 3 heteroatoms. The molecule has 1 aromatic rings. The Balaban J connectivity index is 1.83. The van der Waals surface area contributed by atoms with Gasteiger partial charge in [0.2, 0.25) is 0 Å². The van der Waals surface area contributed by atoms with Crippen LogP contribution in [0.25, 0.3) is 0 Å². The molecule has 0 aromatic heterocycles. The Morgan fingerprint density at radius 2 is 2.06 bits per heavy atom. The first-order valence-corrected chi connectivity index (χ1v) is 6.01. The summed E-state index contributed by atoms with van der Waals surface area (Å²) in [5.41, 5.74) is 2.24. The van der Waals surface area contributed by atoms with Crippen LogP contribution in [0.1, 0.15) is 24.8 Å². The Kier molecular flexibility index (Phi) is 3.65. The van der Waals surface area contributed by atoms with Gasteiger partial charge in [0.25, 0.3) is 0 Å². The Morgan fingerprint density at radius 3 is 2.59 bits per heavy atom. The highest BCUT2D eigenvalue weighted by molar-refractivity contribution is 5.47. The summed E-state index contributed by atoms with van der Waals surface area (Å²) >= 11 is 0. The number of hydrogen-bond donors (Lipinski definition) is 1. The number of nitrogens with zero attached hydrogens (tertiary/aromatic N) is 1. The first kappa shape index (κ1) is 11.9. The lowest BCUT2D eigenvalue weighted by Gasteiger charge is -2.16. The number of nitrogens with one attached hydrogen (secondary N) is 1. The number of rotatable bonds is 6. The molecule has 90 valence electrons. The zero-order chi connectivity index (χ0) is 12.1. The Morgan fingerprint density at radius 1 is 1.35 bits per heavy atom. The van der Waals surface area contributed by atoms with Crippen LogP contribution in [-0.4, -0.2) is 20.3 Å². The molecule has 0 unspecified atom stereocenters. The number of nitriles is 1. The van der Waals surface area contributed by atoms with E-state index in [2.05, 4.69) is 11.4 Å². The van der Waals surface area contributed by atoms with Gasteiger partial charge in [0.05, 0.1) is 11.6 Å². The van der Waals surface area contributed by atoms with E-state index in [1.807, 2.05) is 24.3 Å². The number of methoxy groups -OCH3 is 1. The van der Waals surface area contributed by atoms with Crippen molar-refractivity contribution < 1.29 is 4.74 Å². The van der Waals surface area contributed by atoms with Crippen molar-refractivity contribution in [3.63, 3.8) is 0 Å². The van der Waals surface area contributed by atoms with Crippen LogP contribution in [0.2, 0.25) is 0 Å². The van der Waals surface area contributed by atoms with Gasteiger partial charge in [-0.25, -0.2) is 0 Å². The maximum Gasteiger partial charge on any atom is 0.0991 e. The van der Waals surface area contributed by atoms with E-state index in [-0.39, 0.29) is 0 Å². The summed E-state index contributed by atoms with van der Waals surface area (Å²) in [7, 11) is 1.75. The van der Waals surface area contributed by atoms with E-state index in [0.29, 0.717) is 11.0 Å². The van der Waals surface area contributed by atoms with Crippen LogP contribution in [0.15, 0.2) is 24.3 Å². The van der Waals surface area contributed by atoms with Crippen LogP contribution in [-0.2, 0) is 4.74 Å². The van der Waals surface area contributed by atoms with E-state index in [9.17, 15) is 0 Å². The second-order valence-corrected chi connectivity index (χ2v) is 4.79. The SMILES string of the molecule is COCCC1(CNc2ccc(C#N)cc2)CC1. The van der Waals surface area contributed by atoms with Crippen molar-refractivity contribution in [2.75, 3.05) is 25.6 Å². The fourth-order valence-electron chi connectivity index (χ4n) is 1.96. The first-order valence-electron chi connectivity index (χ1n) is 6.01. The predicted molar refractivity (Wildman–Crippen MR) is 67.8 cm³/mol. The highest BCUT2D eigenvalue weighted by Crippen LogP contribution is 2.48. The molecule has 1 aromatic carbocycles. The van der Waals surface area contributed by atoms with Gasteiger partial charge >= 0.3 is 0 Å². The van der Waals surface area contributed by atoms with E-state index in [1.54, 1.807) is 7.11 Å². The molecule has 1 aliphatic rings. The maximum atomic E-state index is 8.71. The van der Waals surface area contributed by atoms with E-state index < -0.39 is 0 Å². The first-order chi connectivity index (χ1) is 8.28. The third-order valence-corrected chi connectivity index (χ3v) is 3.48. The zero-order valence-electron chi connectivity index (χ0n) is 10.2. The highest BCUT2D eigenvalue weighted by atomic mass is 16.5. The number of anilines is 1. The van der Waals surface area contributed by atoms with E-state index >= 15 is 0 Å². The van der Waals surface area contributed by atoms with Crippen molar-refractivity contribution >= 4 is 5.69 Å². The number of benzene rings is 1. The van der Waals surface area contributed by atoms with Gasteiger partial charge in [0.1, 0.15) is 0 Å². The minimum atomic E-state index is 0.448. The van der Waals surface area contributed by atoms with Crippen molar-refractivity contribution in [3.05, 3.63) is 29.8 Å². The topological polar surface area (TPSA) is 45.0 Å². The van der Waals surface area contributed by atoms with Crippen LogP contribution in [0.5, 0.6) is 0 Å². The predicted octanol–water partition coefficient (Wildman–Crippen LogP) is 2.79. The summed E-state index contributed by atoms with van der Waals surface area (Å²) in [4.78, 5) is 0. The molecule has 0 aliphatic heterocycles. The molecule has 2 rings (SSSR count). The van der Waals surface area contributed by atoms with Crippen LogP contribution in [0.3, 0.4) is 0 Å². The summed E-state index contributed by atoms with van der Waals surface area (Å²) in [6.45, 7) is 1.84. The van der Waals surface area contributed by atoms with Crippen molar-refractivity contribution in [2.45, 2.75) is 19.3 Å². The second kappa shape index (κ2) is 5.20. The van der Waals surface area contributed by atoms with Gasteiger partial charge in [-0.15, -0.1) is 0 Å². The molecule has 0 spiro atoms. The Labute approximate surface area is 102 Å². The minimum Gasteiger partial charge on any atom is -0.385 e. The maximum absolute atomic E-state index is 8.71. The van der Waals surface area contributed by atoms with E-state index in [0.717, 1.165) is 25.3 Å². The lowest BCUT2D eigenvalue weighted by Crippen LogP contribution is -2.17. The van der Waals surface area contributed by atoms with Gasteiger partial charge in [-0.3, -0.25) is 0 Å². The van der Waals surface area contributed by atoms with Crippen molar-refractivity contribution in [1.29, 1.82) is 5.26 Å². The highest BCUT2D eigenvalue weighted by Gasteiger charge is 2.41. The molecule has 0 radical (unpaired) electrons. The summed E-state index contributed by atoms with van der Waals surface area (Å²) in [5, 5.41) is 12.2. The van der Waals surface area contributed by atoms with Crippen LogP contribution < -0.4 is 5.32 Å². The molecule has 0 saturated heterocycles. The van der Waals surface area contributed by atoms with Crippen LogP contribution in [0.4, 0.5) is 5.69 Å². The lowest BCUT2D eigenvalue weighted by atomic mass is 10.0.